The van der Waals surface area contributed by atoms with Crippen molar-refractivity contribution in [1.82, 2.24) is 0 Å². The number of methoxy groups -OCH3 is 1. The Morgan fingerprint density at radius 2 is 1.84 bits per heavy atom. The monoisotopic (exact) mass is 300 g/mol. The molecule has 2 aromatic rings. The van der Waals surface area contributed by atoms with Gasteiger partial charge in [-0.05, 0) is 29.8 Å². The molecule has 0 radical (unpaired) electrons. The fourth-order valence-electron chi connectivity index (χ4n) is 1.55. The Labute approximate surface area is 120 Å². The van der Waals surface area contributed by atoms with Gasteiger partial charge >= 0.3 is 0 Å². The van der Waals surface area contributed by atoms with Crippen LogP contribution in [0.4, 0.5) is 4.39 Å². The summed E-state index contributed by atoms with van der Waals surface area (Å²) in [6.07, 6.45) is 0. The second kappa shape index (κ2) is 6.13. The minimum atomic E-state index is -0.430. The van der Waals surface area contributed by atoms with Crippen LogP contribution in [0.1, 0.15) is 5.56 Å². The van der Waals surface area contributed by atoms with Gasteiger partial charge in [0.15, 0.2) is 11.6 Å². The molecule has 0 N–H and O–H groups in total. The first-order valence-electron chi connectivity index (χ1n) is 5.50. The number of benzene rings is 2. The van der Waals surface area contributed by atoms with E-state index in [0.717, 1.165) is 0 Å². The SMILES string of the molecule is COc1ccc(COc2cc(Cl)ccc2Cl)cc1F. The van der Waals surface area contributed by atoms with Crippen molar-refractivity contribution in [1.29, 1.82) is 0 Å². The third-order valence-corrected chi connectivity index (χ3v) is 3.05. The third kappa shape index (κ3) is 3.52. The molecule has 0 bridgehead atoms. The van der Waals surface area contributed by atoms with E-state index in [0.29, 0.717) is 21.4 Å². The van der Waals surface area contributed by atoms with Gasteiger partial charge in [0.25, 0.3) is 0 Å². The lowest BCUT2D eigenvalue weighted by Gasteiger charge is -2.09. The van der Waals surface area contributed by atoms with Gasteiger partial charge in [0.1, 0.15) is 12.4 Å². The predicted octanol–water partition coefficient (Wildman–Crippen LogP) is 4.72. The number of rotatable bonds is 4. The zero-order valence-electron chi connectivity index (χ0n) is 10.1. The molecule has 5 heteroatoms. The molecular formula is C14H11Cl2FO2. The fraction of sp³-hybridized carbons (Fsp3) is 0.143. The van der Waals surface area contributed by atoms with Crippen LogP contribution in [-0.4, -0.2) is 7.11 Å². The summed E-state index contributed by atoms with van der Waals surface area (Å²) < 4.78 is 23.8. The molecule has 2 aromatic carbocycles. The standard InChI is InChI=1S/C14H11Cl2FO2/c1-18-13-5-2-9(6-12(13)17)8-19-14-7-10(15)3-4-11(14)16/h2-7H,8H2,1H3. The van der Waals surface area contributed by atoms with Gasteiger partial charge in [-0.3, -0.25) is 0 Å². The van der Waals surface area contributed by atoms with Crippen LogP contribution in [0.3, 0.4) is 0 Å². The van der Waals surface area contributed by atoms with Crippen molar-refractivity contribution in [2.24, 2.45) is 0 Å². The van der Waals surface area contributed by atoms with Crippen molar-refractivity contribution < 1.29 is 13.9 Å². The molecule has 0 aromatic heterocycles. The first kappa shape index (κ1) is 14.0. The van der Waals surface area contributed by atoms with Crippen molar-refractivity contribution in [3.8, 4) is 11.5 Å². The van der Waals surface area contributed by atoms with Crippen LogP contribution in [0.2, 0.25) is 10.0 Å². The van der Waals surface area contributed by atoms with Crippen molar-refractivity contribution in [3.05, 3.63) is 57.8 Å². The summed E-state index contributed by atoms with van der Waals surface area (Å²) in [6.45, 7) is 0.195. The first-order chi connectivity index (χ1) is 9.10. The van der Waals surface area contributed by atoms with Gasteiger partial charge in [-0.15, -0.1) is 0 Å². The molecule has 0 saturated carbocycles. The summed E-state index contributed by atoms with van der Waals surface area (Å²) in [5, 5.41) is 0.985. The Balaban J connectivity index is 2.10. The average Bonchev–Trinajstić information content (AvgIpc) is 2.40. The van der Waals surface area contributed by atoms with E-state index < -0.39 is 5.82 Å². The highest BCUT2D eigenvalue weighted by atomic mass is 35.5. The van der Waals surface area contributed by atoms with Crippen molar-refractivity contribution in [3.63, 3.8) is 0 Å². The van der Waals surface area contributed by atoms with Crippen molar-refractivity contribution >= 4 is 23.2 Å². The zero-order chi connectivity index (χ0) is 13.8. The minimum absolute atomic E-state index is 0.195. The van der Waals surface area contributed by atoms with Crippen LogP contribution in [0.5, 0.6) is 11.5 Å². The lowest BCUT2D eigenvalue weighted by molar-refractivity contribution is 0.305. The molecule has 0 saturated heterocycles. The maximum atomic E-state index is 13.5. The quantitative estimate of drug-likeness (QED) is 0.813. The Morgan fingerprint density at radius 1 is 1.05 bits per heavy atom. The molecule has 0 fully saturated rings. The molecule has 0 aliphatic rings. The van der Waals surface area contributed by atoms with E-state index in [1.807, 2.05) is 0 Å². The van der Waals surface area contributed by atoms with Crippen molar-refractivity contribution in [2.75, 3.05) is 7.11 Å². The molecule has 0 amide bonds. The van der Waals surface area contributed by atoms with E-state index in [9.17, 15) is 4.39 Å². The Morgan fingerprint density at radius 3 is 2.53 bits per heavy atom. The molecule has 0 aliphatic carbocycles. The average molecular weight is 301 g/mol. The molecule has 100 valence electrons. The summed E-state index contributed by atoms with van der Waals surface area (Å²) in [5.41, 5.74) is 0.675. The molecular weight excluding hydrogens is 290 g/mol. The van der Waals surface area contributed by atoms with Crippen LogP contribution in [0, 0.1) is 5.82 Å². The lowest BCUT2D eigenvalue weighted by atomic mass is 10.2. The third-order valence-electron chi connectivity index (χ3n) is 2.50. The molecule has 2 rings (SSSR count). The summed E-state index contributed by atoms with van der Waals surface area (Å²) in [5.74, 6) is 0.232. The summed E-state index contributed by atoms with van der Waals surface area (Å²) in [7, 11) is 1.42. The van der Waals surface area contributed by atoms with E-state index in [4.69, 9.17) is 32.7 Å². The Bertz CT molecular complexity index is 588. The van der Waals surface area contributed by atoms with Crippen molar-refractivity contribution in [2.45, 2.75) is 6.61 Å². The highest BCUT2D eigenvalue weighted by Crippen LogP contribution is 2.28. The summed E-state index contributed by atoms with van der Waals surface area (Å²) >= 11 is 11.8. The highest BCUT2D eigenvalue weighted by Gasteiger charge is 2.06. The topological polar surface area (TPSA) is 18.5 Å². The Kier molecular flexibility index (Phi) is 4.51. The molecule has 2 nitrogen and oxygen atoms in total. The van der Waals surface area contributed by atoms with Gasteiger partial charge in [0, 0.05) is 11.1 Å². The largest absolute Gasteiger partial charge is 0.494 e. The molecule has 0 aliphatic heterocycles. The first-order valence-corrected chi connectivity index (χ1v) is 6.26. The van der Waals surface area contributed by atoms with Gasteiger partial charge in [-0.1, -0.05) is 29.3 Å². The highest BCUT2D eigenvalue weighted by molar-refractivity contribution is 6.34. The summed E-state index contributed by atoms with van der Waals surface area (Å²) in [6, 6.07) is 9.56. The van der Waals surface area contributed by atoms with Gasteiger partial charge in [-0.2, -0.15) is 0 Å². The minimum Gasteiger partial charge on any atom is -0.494 e. The van der Waals surface area contributed by atoms with E-state index >= 15 is 0 Å². The summed E-state index contributed by atoms with van der Waals surface area (Å²) in [4.78, 5) is 0. The maximum Gasteiger partial charge on any atom is 0.165 e. The van der Waals surface area contributed by atoms with Crippen LogP contribution < -0.4 is 9.47 Å². The fourth-order valence-corrected chi connectivity index (χ4v) is 1.88. The number of ether oxygens (including phenoxy) is 2. The molecule has 0 atom stereocenters. The number of hydrogen-bond donors (Lipinski definition) is 0. The molecule has 19 heavy (non-hydrogen) atoms. The second-order valence-electron chi connectivity index (χ2n) is 3.83. The van der Waals surface area contributed by atoms with E-state index in [1.165, 1.54) is 13.2 Å². The van der Waals surface area contributed by atoms with E-state index in [1.54, 1.807) is 30.3 Å². The van der Waals surface area contributed by atoms with Gasteiger partial charge in [0.05, 0.1) is 12.1 Å². The molecule has 0 heterocycles. The van der Waals surface area contributed by atoms with Crippen LogP contribution >= 0.6 is 23.2 Å². The van der Waals surface area contributed by atoms with Crippen LogP contribution in [-0.2, 0) is 6.61 Å². The van der Waals surface area contributed by atoms with Gasteiger partial charge in [0.2, 0.25) is 0 Å². The lowest BCUT2D eigenvalue weighted by Crippen LogP contribution is -1.97. The molecule has 0 spiro atoms. The van der Waals surface area contributed by atoms with E-state index in [-0.39, 0.29) is 12.4 Å². The maximum absolute atomic E-state index is 13.5. The zero-order valence-corrected chi connectivity index (χ0v) is 11.6. The number of halogens is 3. The van der Waals surface area contributed by atoms with Gasteiger partial charge in [-0.25, -0.2) is 4.39 Å². The number of hydrogen-bond acceptors (Lipinski definition) is 2. The van der Waals surface area contributed by atoms with Crippen LogP contribution in [0.15, 0.2) is 36.4 Å². The predicted molar refractivity (Wildman–Crippen MR) is 73.7 cm³/mol. The second-order valence-corrected chi connectivity index (χ2v) is 4.68. The Hall–Kier alpha value is -1.45. The normalized spacial score (nSPS) is 10.3. The van der Waals surface area contributed by atoms with Crippen LogP contribution in [0.25, 0.3) is 0 Å². The molecule has 0 unspecified atom stereocenters. The van der Waals surface area contributed by atoms with E-state index in [2.05, 4.69) is 0 Å². The smallest absolute Gasteiger partial charge is 0.165 e. The van der Waals surface area contributed by atoms with Gasteiger partial charge < -0.3 is 9.47 Å².